The SMILES string of the molecule is CC1(C)COC(CO)CN1C(=O)O. The first-order valence-corrected chi connectivity index (χ1v) is 4.20. The number of amides is 1. The summed E-state index contributed by atoms with van der Waals surface area (Å²) in [5.41, 5.74) is -0.502. The third-order valence-corrected chi connectivity index (χ3v) is 2.22. The van der Waals surface area contributed by atoms with Crippen molar-refractivity contribution in [3.63, 3.8) is 0 Å². The molecule has 1 amide bonds. The van der Waals surface area contributed by atoms with Crippen LogP contribution in [0.15, 0.2) is 0 Å². The molecular weight excluding hydrogens is 174 g/mol. The first-order chi connectivity index (χ1) is 5.97. The van der Waals surface area contributed by atoms with E-state index < -0.39 is 11.6 Å². The van der Waals surface area contributed by atoms with Crippen LogP contribution in [0.25, 0.3) is 0 Å². The van der Waals surface area contributed by atoms with Gasteiger partial charge in [0.15, 0.2) is 0 Å². The van der Waals surface area contributed by atoms with E-state index in [2.05, 4.69) is 0 Å². The number of aliphatic hydroxyl groups is 1. The molecule has 13 heavy (non-hydrogen) atoms. The highest BCUT2D eigenvalue weighted by Gasteiger charge is 2.37. The zero-order valence-electron chi connectivity index (χ0n) is 7.86. The molecule has 0 radical (unpaired) electrons. The normalized spacial score (nSPS) is 27.3. The van der Waals surface area contributed by atoms with Crippen LogP contribution in [0, 0.1) is 0 Å². The molecule has 1 aliphatic heterocycles. The molecular formula is C8H15NO4. The number of hydrogen-bond donors (Lipinski definition) is 2. The van der Waals surface area contributed by atoms with Gasteiger partial charge in [-0.15, -0.1) is 0 Å². The minimum atomic E-state index is -0.966. The molecule has 1 aliphatic rings. The molecule has 0 aromatic heterocycles. The quantitative estimate of drug-likeness (QED) is 0.615. The molecule has 5 heteroatoms. The number of nitrogens with zero attached hydrogens (tertiary/aromatic N) is 1. The van der Waals surface area contributed by atoms with E-state index in [0.29, 0.717) is 6.61 Å². The van der Waals surface area contributed by atoms with Crippen molar-refractivity contribution in [2.75, 3.05) is 19.8 Å². The van der Waals surface area contributed by atoms with Gasteiger partial charge in [-0.1, -0.05) is 0 Å². The van der Waals surface area contributed by atoms with Crippen molar-refractivity contribution in [1.82, 2.24) is 4.90 Å². The van der Waals surface area contributed by atoms with Crippen LogP contribution in [-0.4, -0.2) is 52.6 Å². The lowest BCUT2D eigenvalue weighted by Crippen LogP contribution is -2.58. The van der Waals surface area contributed by atoms with Gasteiger partial charge >= 0.3 is 6.09 Å². The molecule has 1 unspecified atom stereocenters. The van der Waals surface area contributed by atoms with Crippen LogP contribution < -0.4 is 0 Å². The van der Waals surface area contributed by atoms with E-state index in [4.69, 9.17) is 14.9 Å². The van der Waals surface area contributed by atoms with E-state index in [0.717, 1.165) is 0 Å². The van der Waals surface area contributed by atoms with Gasteiger partial charge in [0.2, 0.25) is 0 Å². The highest BCUT2D eigenvalue weighted by Crippen LogP contribution is 2.21. The van der Waals surface area contributed by atoms with E-state index in [1.54, 1.807) is 13.8 Å². The van der Waals surface area contributed by atoms with E-state index in [9.17, 15) is 4.79 Å². The molecule has 76 valence electrons. The summed E-state index contributed by atoms with van der Waals surface area (Å²) in [6.45, 7) is 4.02. The molecule has 0 aromatic rings. The number of aliphatic hydroxyl groups excluding tert-OH is 1. The maximum absolute atomic E-state index is 10.8. The third kappa shape index (κ3) is 2.10. The maximum Gasteiger partial charge on any atom is 0.407 e. The Bertz CT molecular complexity index is 204. The molecule has 1 heterocycles. The van der Waals surface area contributed by atoms with Crippen molar-refractivity contribution in [2.45, 2.75) is 25.5 Å². The second-order valence-electron chi connectivity index (χ2n) is 3.82. The molecule has 1 saturated heterocycles. The standard InChI is InChI=1S/C8H15NO4/c1-8(2)5-13-6(4-10)3-9(8)7(11)12/h6,10H,3-5H2,1-2H3,(H,11,12). The Labute approximate surface area is 76.9 Å². The summed E-state index contributed by atoms with van der Waals surface area (Å²) in [5, 5.41) is 17.7. The predicted molar refractivity (Wildman–Crippen MR) is 45.6 cm³/mol. The molecule has 0 saturated carbocycles. The fourth-order valence-corrected chi connectivity index (χ4v) is 1.35. The van der Waals surface area contributed by atoms with Crippen LogP contribution in [0.4, 0.5) is 4.79 Å². The number of ether oxygens (including phenoxy) is 1. The van der Waals surface area contributed by atoms with Crippen molar-refractivity contribution in [3.05, 3.63) is 0 Å². The number of carbonyl (C=O) groups is 1. The Morgan fingerprint density at radius 3 is 2.77 bits per heavy atom. The average Bonchev–Trinajstić information content (AvgIpc) is 2.03. The van der Waals surface area contributed by atoms with Gasteiger partial charge in [-0.2, -0.15) is 0 Å². The van der Waals surface area contributed by atoms with Gasteiger partial charge in [-0.05, 0) is 13.8 Å². The Balaban J connectivity index is 2.69. The number of hydrogen-bond acceptors (Lipinski definition) is 3. The number of carboxylic acid groups (broad SMARTS) is 1. The second-order valence-corrected chi connectivity index (χ2v) is 3.82. The Morgan fingerprint density at radius 1 is 1.69 bits per heavy atom. The van der Waals surface area contributed by atoms with E-state index in [1.165, 1.54) is 4.90 Å². The summed E-state index contributed by atoms with van der Waals surface area (Å²) in [4.78, 5) is 12.1. The molecule has 1 fully saturated rings. The lowest BCUT2D eigenvalue weighted by Gasteiger charge is -2.43. The molecule has 2 N–H and O–H groups in total. The summed E-state index contributed by atoms with van der Waals surface area (Å²) < 4.78 is 5.27. The minimum absolute atomic E-state index is 0.139. The molecule has 1 rings (SSSR count). The average molecular weight is 189 g/mol. The summed E-state index contributed by atoms with van der Waals surface area (Å²) in [7, 11) is 0. The predicted octanol–water partition coefficient (Wildman–Crippen LogP) is 0.136. The van der Waals surface area contributed by atoms with Gasteiger partial charge in [-0.3, -0.25) is 4.90 Å². The van der Waals surface area contributed by atoms with Crippen molar-refractivity contribution >= 4 is 6.09 Å². The van der Waals surface area contributed by atoms with Crippen LogP contribution in [0.1, 0.15) is 13.8 Å². The van der Waals surface area contributed by atoms with E-state index >= 15 is 0 Å². The summed E-state index contributed by atoms with van der Waals surface area (Å²) in [6.07, 6.45) is -1.35. The third-order valence-electron chi connectivity index (χ3n) is 2.22. The smallest absolute Gasteiger partial charge is 0.407 e. The molecule has 1 atom stereocenters. The number of rotatable bonds is 1. The highest BCUT2D eigenvalue weighted by molar-refractivity contribution is 5.66. The fourth-order valence-electron chi connectivity index (χ4n) is 1.35. The van der Waals surface area contributed by atoms with Gasteiger partial charge < -0.3 is 14.9 Å². The van der Waals surface area contributed by atoms with Crippen LogP contribution in [0.3, 0.4) is 0 Å². The van der Waals surface area contributed by atoms with Gasteiger partial charge in [0.25, 0.3) is 0 Å². The molecule has 0 spiro atoms. The zero-order chi connectivity index (χ0) is 10.1. The summed E-state index contributed by atoms with van der Waals surface area (Å²) in [6, 6.07) is 0. The first-order valence-electron chi connectivity index (χ1n) is 4.20. The van der Waals surface area contributed by atoms with Gasteiger partial charge in [0.1, 0.15) is 0 Å². The lowest BCUT2D eigenvalue weighted by molar-refractivity contribution is -0.101. The second kappa shape index (κ2) is 3.51. The van der Waals surface area contributed by atoms with E-state index in [-0.39, 0.29) is 19.3 Å². The monoisotopic (exact) mass is 189 g/mol. The topological polar surface area (TPSA) is 70.0 Å². The van der Waals surface area contributed by atoms with Crippen molar-refractivity contribution in [2.24, 2.45) is 0 Å². The largest absolute Gasteiger partial charge is 0.465 e. The fraction of sp³-hybridized carbons (Fsp3) is 0.875. The van der Waals surface area contributed by atoms with Crippen molar-refractivity contribution in [3.8, 4) is 0 Å². The van der Waals surface area contributed by atoms with Crippen LogP contribution in [-0.2, 0) is 4.74 Å². The maximum atomic E-state index is 10.8. The van der Waals surface area contributed by atoms with E-state index in [1.807, 2.05) is 0 Å². The Morgan fingerprint density at radius 2 is 2.31 bits per heavy atom. The minimum Gasteiger partial charge on any atom is -0.465 e. The summed E-state index contributed by atoms with van der Waals surface area (Å²) in [5.74, 6) is 0. The Hall–Kier alpha value is -0.810. The molecule has 0 bridgehead atoms. The van der Waals surface area contributed by atoms with Gasteiger partial charge in [0.05, 0.1) is 31.4 Å². The molecule has 0 aromatic carbocycles. The van der Waals surface area contributed by atoms with Crippen LogP contribution in [0.2, 0.25) is 0 Å². The van der Waals surface area contributed by atoms with Crippen LogP contribution >= 0.6 is 0 Å². The van der Waals surface area contributed by atoms with Crippen molar-refractivity contribution in [1.29, 1.82) is 0 Å². The number of morpholine rings is 1. The van der Waals surface area contributed by atoms with Gasteiger partial charge in [0, 0.05) is 0 Å². The van der Waals surface area contributed by atoms with Gasteiger partial charge in [-0.25, -0.2) is 4.79 Å². The molecule has 0 aliphatic carbocycles. The lowest BCUT2D eigenvalue weighted by atomic mass is 10.0. The Kier molecular flexibility index (Phi) is 2.77. The summed E-state index contributed by atoms with van der Waals surface area (Å²) >= 11 is 0. The first kappa shape index (κ1) is 10.3. The van der Waals surface area contributed by atoms with Crippen molar-refractivity contribution < 1.29 is 19.7 Å². The highest BCUT2D eigenvalue weighted by atomic mass is 16.5. The molecule has 5 nitrogen and oxygen atoms in total. The zero-order valence-corrected chi connectivity index (χ0v) is 7.86. The van der Waals surface area contributed by atoms with Crippen LogP contribution in [0.5, 0.6) is 0 Å².